The summed E-state index contributed by atoms with van der Waals surface area (Å²) in [6.07, 6.45) is 8.74. The van der Waals surface area contributed by atoms with Crippen molar-refractivity contribution < 1.29 is 19.7 Å². The highest BCUT2D eigenvalue weighted by atomic mass is 16.5. The summed E-state index contributed by atoms with van der Waals surface area (Å²) in [5.41, 5.74) is 0.0730. The second-order valence-electron chi connectivity index (χ2n) is 14.3. The highest BCUT2D eigenvalue weighted by Gasteiger charge is 2.63. The SMILES string of the molecule is C=C(CC[C@H](O)[C@]1(C)CC[C@@H](C(C)(C)O)O1)[C@@H]1CC[C@H]2[C@]3(C)CCC(=O)C(C)(C)[C@H]3CC[C@@]21C. The Morgan fingerprint density at radius 3 is 2.32 bits per heavy atom. The number of aliphatic hydroxyl groups is 2. The minimum absolute atomic E-state index is 0.203. The zero-order chi connectivity index (χ0) is 25.3. The fourth-order valence-corrected chi connectivity index (χ4v) is 9.20. The standard InChI is InChI=1S/C30H50O4/c1-19(9-12-24(32)30(8)18-15-25(34-30)27(4,5)33)20-10-11-22-28(20,6)16-13-21-26(2,3)23(31)14-17-29(21,22)7/h20-22,24-25,32-33H,1,9-18H2,2-8H3/t20-,21+,22+,24-,25-,28+,29+,30-/m0/s1. The van der Waals surface area contributed by atoms with E-state index in [1.54, 1.807) is 13.8 Å². The summed E-state index contributed by atoms with van der Waals surface area (Å²) in [5.74, 6) is 2.07. The van der Waals surface area contributed by atoms with Gasteiger partial charge in [0, 0.05) is 11.8 Å². The molecule has 0 aromatic rings. The number of carbonyl (C=O) groups is 1. The average molecular weight is 475 g/mol. The van der Waals surface area contributed by atoms with Crippen molar-refractivity contribution in [3.05, 3.63) is 12.2 Å². The van der Waals surface area contributed by atoms with Crippen LogP contribution < -0.4 is 0 Å². The Labute approximate surface area is 207 Å². The van der Waals surface area contributed by atoms with Gasteiger partial charge in [0.05, 0.1) is 23.4 Å². The second kappa shape index (κ2) is 8.42. The van der Waals surface area contributed by atoms with Gasteiger partial charge in [-0.1, -0.05) is 39.8 Å². The molecule has 0 aromatic heterocycles. The number of hydrogen-bond donors (Lipinski definition) is 2. The Bertz CT molecular complexity index is 824. The summed E-state index contributed by atoms with van der Waals surface area (Å²) in [4.78, 5) is 12.8. The number of allylic oxidation sites excluding steroid dienone is 1. The van der Waals surface area contributed by atoms with Crippen LogP contribution in [-0.4, -0.2) is 39.4 Å². The average Bonchev–Trinajstić information content (AvgIpc) is 3.31. The largest absolute Gasteiger partial charge is 0.390 e. The Hall–Kier alpha value is -0.710. The van der Waals surface area contributed by atoms with Crippen molar-refractivity contribution in [2.24, 2.45) is 34.0 Å². The zero-order valence-electron chi connectivity index (χ0n) is 22.9. The van der Waals surface area contributed by atoms with E-state index in [4.69, 9.17) is 4.74 Å². The molecule has 1 saturated heterocycles. The molecular weight excluding hydrogens is 424 g/mol. The Morgan fingerprint density at radius 2 is 1.71 bits per heavy atom. The van der Waals surface area contributed by atoms with Gasteiger partial charge in [0.2, 0.25) is 0 Å². The summed E-state index contributed by atoms with van der Waals surface area (Å²) >= 11 is 0. The number of aliphatic hydroxyl groups excluding tert-OH is 1. The van der Waals surface area contributed by atoms with Crippen LogP contribution in [0.4, 0.5) is 0 Å². The van der Waals surface area contributed by atoms with Gasteiger partial charge in [0.15, 0.2) is 0 Å². The van der Waals surface area contributed by atoms with Gasteiger partial charge in [-0.3, -0.25) is 4.79 Å². The number of Topliss-reactive ketones (excluding diaryl/α,β-unsaturated/α-hetero) is 1. The lowest BCUT2D eigenvalue weighted by Gasteiger charge is -2.61. The molecule has 0 bridgehead atoms. The van der Waals surface area contributed by atoms with Gasteiger partial charge in [-0.2, -0.15) is 0 Å². The van der Waals surface area contributed by atoms with E-state index in [9.17, 15) is 15.0 Å². The number of ketones is 1. The molecule has 3 saturated carbocycles. The molecule has 194 valence electrons. The van der Waals surface area contributed by atoms with Gasteiger partial charge in [-0.05, 0) is 107 Å². The first-order chi connectivity index (χ1) is 15.6. The summed E-state index contributed by atoms with van der Waals surface area (Å²) in [7, 11) is 0. The van der Waals surface area contributed by atoms with Gasteiger partial charge in [0.1, 0.15) is 5.78 Å². The smallest absolute Gasteiger partial charge is 0.138 e. The molecule has 4 fully saturated rings. The highest BCUT2D eigenvalue weighted by Crippen LogP contribution is 2.70. The van der Waals surface area contributed by atoms with Crippen LogP contribution in [0.2, 0.25) is 0 Å². The van der Waals surface area contributed by atoms with Crippen LogP contribution in [-0.2, 0) is 9.53 Å². The fraction of sp³-hybridized carbons (Fsp3) is 0.900. The van der Waals surface area contributed by atoms with Crippen molar-refractivity contribution in [1.29, 1.82) is 0 Å². The highest BCUT2D eigenvalue weighted by molar-refractivity contribution is 5.85. The number of hydrogen-bond acceptors (Lipinski definition) is 4. The van der Waals surface area contributed by atoms with Crippen LogP contribution in [0.5, 0.6) is 0 Å². The Morgan fingerprint density at radius 1 is 1.03 bits per heavy atom. The molecule has 4 aliphatic rings. The molecule has 8 atom stereocenters. The van der Waals surface area contributed by atoms with E-state index >= 15 is 0 Å². The van der Waals surface area contributed by atoms with Crippen molar-refractivity contribution >= 4 is 5.78 Å². The van der Waals surface area contributed by atoms with E-state index in [-0.39, 0.29) is 22.3 Å². The third kappa shape index (κ3) is 4.04. The van der Waals surface area contributed by atoms with E-state index in [1.165, 1.54) is 24.8 Å². The summed E-state index contributed by atoms with van der Waals surface area (Å²) in [6.45, 7) is 19.5. The van der Waals surface area contributed by atoms with Crippen LogP contribution >= 0.6 is 0 Å². The van der Waals surface area contributed by atoms with Gasteiger partial charge in [-0.15, -0.1) is 0 Å². The molecule has 4 nitrogen and oxygen atoms in total. The fourth-order valence-electron chi connectivity index (χ4n) is 9.20. The first-order valence-electron chi connectivity index (χ1n) is 13.8. The molecule has 4 heteroatoms. The predicted molar refractivity (Wildman–Crippen MR) is 136 cm³/mol. The number of fused-ring (bicyclic) bond motifs is 3. The van der Waals surface area contributed by atoms with Crippen LogP contribution in [0.3, 0.4) is 0 Å². The van der Waals surface area contributed by atoms with Gasteiger partial charge in [-0.25, -0.2) is 0 Å². The monoisotopic (exact) mass is 474 g/mol. The van der Waals surface area contributed by atoms with Crippen molar-refractivity contribution in [2.45, 2.75) is 136 Å². The minimum atomic E-state index is -0.887. The molecule has 1 heterocycles. The number of carbonyl (C=O) groups excluding carboxylic acids is 1. The van der Waals surface area contributed by atoms with Gasteiger partial charge < -0.3 is 14.9 Å². The minimum Gasteiger partial charge on any atom is -0.390 e. The topological polar surface area (TPSA) is 66.8 Å². The summed E-state index contributed by atoms with van der Waals surface area (Å²) in [6, 6.07) is 0. The van der Waals surface area contributed by atoms with E-state index in [2.05, 4.69) is 34.3 Å². The summed E-state index contributed by atoms with van der Waals surface area (Å²) < 4.78 is 6.18. The first-order valence-corrected chi connectivity index (χ1v) is 13.8. The Kier molecular flexibility index (Phi) is 6.52. The molecule has 0 amide bonds. The predicted octanol–water partition coefficient (Wildman–Crippen LogP) is 6.23. The maximum absolute atomic E-state index is 12.8. The molecule has 0 aromatic carbocycles. The zero-order valence-corrected chi connectivity index (χ0v) is 22.9. The normalized spacial score (nSPS) is 45.0. The third-order valence-electron chi connectivity index (χ3n) is 11.4. The van der Waals surface area contributed by atoms with E-state index in [0.29, 0.717) is 30.0 Å². The van der Waals surface area contributed by atoms with E-state index in [1.807, 2.05) is 6.92 Å². The molecule has 0 spiro atoms. The maximum atomic E-state index is 12.8. The van der Waals surface area contributed by atoms with Crippen molar-refractivity contribution in [3.8, 4) is 0 Å². The third-order valence-corrected chi connectivity index (χ3v) is 11.4. The molecule has 1 aliphatic heterocycles. The molecule has 0 radical (unpaired) electrons. The lowest BCUT2D eigenvalue weighted by atomic mass is 9.43. The van der Waals surface area contributed by atoms with E-state index in [0.717, 1.165) is 38.5 Å². The van der Waals surface area contributed by atoms with Crippen molar-refractivity contribution in [3.63, 3.8) is 0 Å². The second-order valence-corrected chi connectivity index (χ2v) is 14.3. The molecule has 2 N–H and O–H groups in total. The van der Waals surface area contributed by atoms with E-state index < -0.39 is 17.3 Å². The molecule has 4 rings (SSSR count). The van der Waals surface area contributed by atoms with Crippen molar-refractivity contribution in [1.82, 2.24) is 0 Å². The number of ether oxygens (including phenoxy) is 1. The Balaban J connectivity index is 1.42. The summed E-state index contributed by atoms with van der Waals surface area (Å²) in [5, 5.41) is 21.4. The lowest BCUT2D eigenvalue weighted by Crippen LogP contribution is -2.57. The van der Waals surface area contributed by atoms with Crippen LogP contribution in [0, 0.1) is 34.0 Å². The van der Waals surface area contributed by atoms with Crippen LogP contribution in [0.1, 0.15) is 113 Å². The van der Waals surface area contributed by atoms with Crippen molar-refractivity contribution in [2.75, 3.05) is 0 Å². The van der Waals surface area contributed by atoms with Crippen LogP contribution in [0.15, 0.2) is 12.2 Å². The molecule has 34 heavy (non-hydrogen) atoms. The molecule has 3 aliphatic carbocycles. The molecule has 0 unspecified atom stereocenters. The van der Waals surface area contributed by atoms with Gasteiger partial charge >= 0.3 is 0 Å². The van der Waals surface area contributed by atoms with Gasteiger partial charge in [0.25, 0.3) is 0 Å². The number of rotatable bonds is 6. The molecular formula is C30H50O4. The maximum Gasteiger partial charge on any atom is 0.138 e. The lowest BCUT2D eigenvalue weighted by molar-refractivity contribution is -0.157. The quantitative estimate of drug-likeness (QED) is 0.448. The first kappa shape index (κ1) is 26.4. The van der Waals surface area contributed by atoms with Crippen LogP contribution in [0.25, 0.3) is 0 Å².